The molecule has 0 unspecified atom stereocenters. The maximum atomic E-state index is 13.1. The summed E-state index contributed by atoms with van der Waals surface area (Å²) in [6.07, 6.45) is -0.485. The van der Waals surface area contributed by atoms with Gasteiger partial charge in [-0.3, -0.25) is 19.7 Å². The molecule has 1 N–H and O–H groups in total. The van der Waals surface area contributed by atoms with Crippen molar-refractivity contribution in [3.8, 4) is 5.75 Å². The first-order valence-corrected chi connectivity index (χ1v) is 13.1. The summed E-state index contributed by atoms with van der Waals surface area (Å²) in [5.74, 6) is -3.07. The molecule has 1 atom stereocenters. The third-order valence-electron chi connectivity index (χ3n) is 6.05. The van der Waals surface area contributed by atoms with Crippen LogP contribution in [0.5, 0.6) is 5.75 Å². The van der Waals surface area contributed by atoms with Crippen molar-refractivity contribution in [3.05, 3.63) is 142 Å². The fourth-order valence-electron chi connectivity index (χ4n) is 3.81. The highest BCUT2D eigenvalue weighted by atomic mass is 16.6. The molecular formula is C32H26N2O9. The normalized spacial score (nSPS) is 11.1. The molecule has 0 aliphatic heterocycles. The minimum absolute atomic E-state index is 0.0123. The molecule has 0 saturated heterocycles. The first-order chi connectivity index (χ1) is 20.8. The third-order valence-corrected chi connectivity index (χ3v) is 6.05. The Bertz CT molecular complexity index is 1590. The fourth-order valence-corrected chi connectivity index (χ4v) is 3.81. The van der Waals surface area contributed by atoms with Crippen LogP contribution in [0.15, 0.2) is 109 Å². The fraction of sp³-hybridized carbons (Fsp3) is 0.125. The molecule has 4 rings (SSSR count). The van der Waals surface area contributed by atoms with Gasteiger partial charge in [0.05, 0.1) is 16.9 Å². The molecule has 0 aliphatic rings. The Kier molecular flexibility index (Phi) is 10.3. The van der Waals surface area contributed by atoms with Crippen LogP contribution in [-0.4, -0.2) is 34.8 Å². The van der Waals surface area contributed by atoms with Gasteiger partial charge in [0.15, 0.2) is 0 Å². The van der Waals surface area contributed by atoms with E-state index in [-0.39, 0.29) is 35.8 Å². The lowest BCUT2D eigenvalue weighted by molar-refractivity contribution is -0.384. The number of non-ortho nitro benzene ring substituents is 1. The smallest absolute Gasteiger partial charge is 0.343 e. The molecular weight excluding hydrogens is 556 g/mol. The summed E-state index contributed by atoms with van der Waals surface area (Å²) in [5.41, 5.74) is 1.39. The number of hydrogen-bond donors (Lipinski definition) is 1. The van der Waals surface area contributed by atoms with Crippen molar-refractivity contribution in [1.82, 2.24) is 5.32 Å². The van der Waals surface area contributed by atoms with E-state index in [2.05, 4.69) is 5.32 Å². The zero-order valence-electron chi connectivity index (χ0n) is 22.7. The Morgan fingerprint density at radius 1 is 0.721 bits per heavy atom. The summed E-state index contributed by atoms with van der Waals surface area (Å²) in [6, 6.07) is 27.0. The number of benzene rings is 4. The Labute approximate surface area is 246 Å². The van der Waals surface area contributed by atoms with Crippen molar-refractivity contribution in [1.29, 1.82) is 0 Å². The molecule has 218 valence electrons. The number of nitrogens with zero attached hydrogens (tertiary/aromatic N) is 1. The van der Waals surface area contributed by atoms with Crippen molar-refractivity contribution in [2.45, 2.75) is 25.7 Å². The number of carbonyl (C=O) groups is 4. The lowest BCUT2D eigenvalue weighted by Crippen LogP contribution is -2.43. The van der Waals surface area contributed by atoms with Gasteiger partial charge in [-0.2, -0.15) is 0 Å². The zero-order chi connectivity index (χ0) is 30.6. The van der Waals surface area contributed by atoms with Crippen LogP contribution in [-0.2, 0) is 32.3 Å². The van der Waals surface area contributed by atoms with E-state index in [1.807, 2.05) is 12.1 Å². The van der Waals surface area contributed by atoms with Gasteiger partial charge >= 0.3 is 17.9 Å². The maximum absolute atomic E-state index is 13.1. The number of carbonyl (C=O) groups excluding carboxylic acids is 4. The second kappa shape index (κ2) is 14.7. The molecule has 0 fully saturated rings. The molecule has 11 heteroatoms. The van der Waals surface area contributed by atoms with Crippen molar-refractivity contribution >= 4 is 29.5 Å². The molecule has 0 radical (unpaired) electrons. The molecule has 0 heterocycles. The maximum Gasteiger partial charge on any atom is 0.343 e. The van der Waals surface area contributed by atoms with Gasteiger partial charge in [-0.1, -0.05) is 66.7 Å². The highest BCUT2D eigenvalue weighted by molar-refractivity contribution is 5.98. The molecule has 0 aliphatic carbocycles. The number of nitro groups is 1. The summed E-state index contributed by atoms with van der Waals surface area (Å²) in [7, 11) is 0. The van der Waals surface area contributed by atoms with Crippen molar-refractivity contribution in [3.63, 3.8) is 0 Å². The number of hydrogen-bond acceptors (Lipinski definition) is 9. The summed E-state index contributed by atoms with van der Waals surface area (Å²) in [6.45, 7) is -0.0826. The number of nitro benzene ring substituents is 1. The van der Waals surface area contributed by atoms with E-state index >= 15 is 0 Å². The molecule has 4 aromatic rings. The Morgan fingerprint density at radius 2 is 1.33 bits per heavy atom. The Balaban J connectivity index is 1.43. The molecule has 43 heavy (non-hydrogen) atoms. The van der Waals surface area contributed by atoms with Crippen LogP contribution in [0.3, 0.4) is 0 Å². The van der Waals surface area contributed by atoms with Crippen LogP contribution in [0, 0.1) is 10.1 Å². The Morgan fingerprint density at radius 3 is 1.93 bits per heavy atom. The van der Waals surface area contributed by atoms with Crippen LogP contribution in [0.25, 0.3) is 0 Å². The second-order valence-electron chi connectivity index (χ2n) is 9.19. The molecule has 0 bridgehead atoms. The zero-order valence-corrected chi connectivity index (χ0v) is 22.7. The van der Waals surface area contributed by atoms with Gasteiger partial charge in [0, 0.05) is 17.7 Å². The minimum Gasteiger partial charge on any atom is -0.461 e. The molecule has 0 saturated carbocycles. The van der Waals surface area contributed by atoms with Gasteiger partial charge in [0.25, 0.3) is 11.6 Å². The second-order valence-corrected chi connectivity index (χ2v) is 9.19. The number of rotatable bonds is 12. The summed E-state index contributed by atoms with van der Waals surface area (Å²) in [5, 5.41) is 13.4. The summed E-state index contributed by atoms with van der Waals surface area (Å²) >= 11 is 0. The summed E-state index contributed by atoms with van der Waals surface area (Å²) in [4.78, 5) is 61.5. The van der Waals surface area contributed by atoms with Gasteiger partial charge in [-0.25, -0.2) is 9.59 Å². The topological polar surface area (TPSA) is 151 Å². The van der Waals surface area contributed by atoms with Gasteiger partial charge in [-0.05, 0) is 41.5 Å². The highest BCUT2D eigenvalue weighted by Crippen LogP contribution is 2.18. The standard InChI is InChI=1S/C32H26N2O9/c35-29(41-20-22-8-3-1-4-9-22)19-28(32(38)42-21-23-10-5-2-6-11-23)33-30(36)25-12-7-13-27(18-25)43-31(37)24-14-16-26(17-15-24)34(39)40/h1-18,28H,19-21H2,(H,33,36)/t28-/m0/s1. The van der Waals surface area contributed by atoms with Crippen molar-refractivity contribution in [2.75, 3.05) is 0 Å². The number of nitrogens with one attached hydrogen (secondary N) is 1. The monoisotopic (exact) mass is 582 g/mol. The van der Waals surface area contributed by atoms with Crippen molar-refractivity contribution < 1.29 is 38.3 Å². The molecule has 11 nitrogen and oxygen atoms in total. The number of esters is 3. The SMILES string of the molecule is O=C(C[C@H](NC(=O)c1cccc(OC(=O)c2ccc([N+](=O)[O-])cc2)c1)C(=O)OCc1ccccc1)OCc1ccccc1. The minimum atomic E-state index is -1.37. The van der Waals surface area contributed by atoms with E-state index in [0.29, 0.717) is 0 Å². The third kappa shape index (κ3) is 9.08. The number of amides is 1. The van der Waals surface area contributed by atoms with Gasteiger partial charge in [-0.15, -0.1) is 0 Å². The van der Waals surface area contributed by atoms with Crippen LogP contribution in [0.4, 0.5) is 5.69 Å². The van der Waals surface area contributed by atoms with Crippen LogP contribution < -0.4 is 10.1 Å². The average Bonchev–Trinajstić information content (AvgIpc) is 3.03. The van der Waals surface area contributed by atoms with E-state index in [1.165, 1.54) is 48.5 Å². The average molecular weight is 583 g/mol. The lowest BCUT2D eigenvalue weighted by atomic mass is 10.1. The van der Waals surface area contributed by atoms with Gasteiger partial charge in [0.1, 0.15) is 25.0 Å². The van der Waals surface area contributed by atoms with Crippen molar-refractivity contribution in [2.24, 2.45) is 0 Å². The van der Waals surface area contributed by atoms with Crippen LogP contribution >= 0.6 is 0 Å². The lowest BCUT2D eigenvalue weighted by Gasteiger charge is -2.18. The van der Waals surface area contributed by atoms with Crippen LogP contribution in [0.1, 0.15) is 38.3 Å². The summed E-state index contributed by atoms with van der Waals surface area (Å²) < 4.78 is 16.0. The van der Waals surface area contributed by atoms with E-state index in [9.17, 15) is 29.3 Å². The first kappa shape index (κ1) is 30.1. The Hall–Kier alpha value is -5.84. The largest absolute Gasteiger partial charge is 0.461 e. The quantitative estimate of drug-likeness (QED) is 0.108. The van der Waals surface area contributed by atoms with E-state index in [4.69, 9.17) is 14.2 Å². The van der Waals surface area contributed by atoms with Gasteiger partial charge in [0.2, 0.25) is 0 Å². The molecule has 0 spiro atoms. The predicted octanol–water partition coefficient (Wildman–Crippen LogP) is 4.79. The molecule has 0 aromatic heterocycles. The predicted molar refractivity (Wildman–Crippen MR) is 153 cm³/mol. The van der Waals surface area contributed by atoms with E-state index in [0.717, 1.165) is 11.1 Å². The number of ether oxygens (including phenoxy) is 3. The van der Waals surface area contributed by atoms with Crippen LogP contribution in [0.2, 0.25) is 0 Å². The molecule has 1 amide bonds. The van der Waals surface area contributed by atoms with Gasteiger partial charge < -0.3 is 19.5 Å². The highest BCUT2D eigenvalue weighted by Gasteiger charge is 2.27. The van der Waals surface area contributed by atoms with E-state index < -0.39 is 41.2 Å². The first-order valence-electron chi connectivity index (χ1n) is 13.1. The van der Waals surface area contributed by atoms with E-state index in [1.54, 1.807) is 48.5 Å². The molecule has 4 aromatic carbocycles.